The van der Waals surface area contributed by atoms with Crippen LogP contribution in [0.4, 0.5) is 5.13 Å². The molecule has 1 aromatic rings. The van der Waals surface area contributed by atoms with Gasteiger partial charge in [-0.05, 0) is 18.8 Å². The number of hydrogen-bond acceptors (Lipinski definition) is 5. The van der Waals surface area contributed by atoms with Crippen molar-refractivity contribution in [3.8, 4) is 0 Å². The highest BCUT2D eigenvalue weighted by Gasteiger charge is 2.19. The van der Waals surface area contributed by atoms with Crippen molar-refractivity contribution in [2.45, 2.75) is 19.8 Å². The van der Waals surface area contributed by atoms with E-state index in [1.807, 2.05) is 0 Å². The zero-order valence-electron chi connectivity index (χ0n) is 9.27. The molecule has 2 heterocycles. The van der Waals surface area contributed by atoms with Gasteiger partial charge in [-0.15, -0.1) is 11.3 Å². The van der Waals surface area contributed by atoms with Gasteiger partial charge >= 0.3 is 0 Å². The number of nitrogens with zero attached hydrogens (tertiary/aromatic N) is 2. The van der Waals surface area contributed by atoms with E-state index < -0.39 is 0 Å². The average Bonchev–Trinajstić information content (AvgIpc) is 2.78. The largest absolute Gasteiger partial charge is 0.348 e. The Bertz CT molecular complexity index is 371. The first-order valence-corrected chi connectivity index (χ1v) is 6.30. The first-order valence-electron chi connectivity index (χ1n) is 5.42. The van der Waals surface area contributed by atoms with Crippen molar-refractivity contribution >= 4 is 22.4 Å². The van der Waals surface area contributed by atoms with Crippen molar-refractivity contribution in [1.29, 1.82) is 0 Å². The van der Waals surface area contributed by atoms with Crippen molar-refractivity contribution in [2.75, 3.05) is 18.0 Å². The van der Waals surface area contributed by atoms with E-state index in [4.69, 9.17) is 5.84 Å². The van der Waals surface area contributed by atoms with Gasteiger partial charge in [0.25, 0.3) is 5.91 Å². The number of hydrazine groups is 1. The summed E-state index contributed by atoms with van der Waals surface area (Å²) in [5.41, 5.74) is 2.50. The van der Waals surface area contributed by atoms with Crippen LogP contribution >= 0.6 is 11.3 Å². The highest BCUT2D eigenvalue weighted by molar-refractivity contribution is 7.13. The molecular formula is C10H16N4OS. The number of rotatable bonds is 2. The molecule has 6 heteroatoms. The number of aromatic nitrogens is 1. The predicted molar refractivity (Wildman–Crippen MR) is 64.4 cm³/mol. The van der Waals surface area contributed by atoms with Crippen LogP contribution in [0.1, 0.15) is 30.3 Å². The first-order chi connectivity index (χ1) is 7.70. The lowest BCUT2D eigenvalue weighted by atomic mass is 10.00. The molecule has 0 aromatic carbocycles. The van der Waals surface area contributed by atoms with Crippen LogP contribution in [0.25, 0.3) is 0 Å². The molecule has 1 saturated heterocycles. The van der Waals surface area contributed by atoms with Crippen molar-refractivity contribution in [3.05, 3.63) is 11.1 Å². The van der Waals surface area contributed by atoms with Gasteiger partial charge in [-0.3, -0.25) is 10.2 Å². The summed E-state index contributed by atoms with van der Waals surface area (Å²) in [5.74, 6) is 5.53. The Morgan fingerprint density at radius 2 is 2.31 bits per heavy atom. The maximum atomic E-state index is 11.3. The van der Waals surface area contributed by atoms with E-state index in [1.54, 1.807) is 5.38 Å². The molecule has 1 aliphatic rings. The third-order valence-electron chi connectivity index (χ3n) is 2.91. The SMILES string of the molecule is CC1CCN(c2nc(C(=O)NN)cs2)CC1. The number of anilines is 1. The van der Waals surface area contributed by atoms with Crippen LogP contribution in [0.5, 0.6) is 0 Å². The summed E-state index contributed by atoms with van der Waals surface area (Å²) in [6.45, 7) is 4.32. The van der Waals surface area contributed by atoms with E-state index in [1.165, 1.54) is 24.2 Å². The van der Waals surface area contributed by atoms with Crippen LogP contribution in [0.2, 0.25) is 0 Å². The maximum Gasteiger partial charge on any atom is 0.284 e. The zero-order valence-corrected chi connectivity index (χ0v) is 10.1. The second kappa shape index (κ2) is 4.80. The Morgan fingerprint density at radius 3 is 2.94 bits per heavy atom. The van der Waals surface area contributed by atoms with Crippen molar-refractivity contribution in [3.63, 3.8) is 0 Å². The fraction of sp³-hybridized carbons (Fsp3) is 0.600. The molecule has 0 atom stereocenters. The van der Waals surface area contributed by atoms with Crippen LogP contribution in [0.15, 0.2) is 5.38 Å². The third kappa shape index (κ3) is 2.33. The Morgan fingerprint density at radius 1 is 1.62 bits per heavy atom. The number of hydrogen-bond donors (Lipinski definition) is 2. The molecule has 0 saturated carbocycles. The fourth-order valence-electron chi connectivity index (χ4n) is 1.79. The number of thiazole rings is 1. The number of nitrogens with one attached hydrogen (secondary N) is 1. The monoisotopic (exact) mass is 240 g/mol. The molecule has 0 unspecified atom stereocenters. The maximum absolute atomic E-state index is 11.3. The van der Waals surface area contributed by atoms with Gasteiger partial charge in [-0.1, -0.05) is 6.92 Å². The van der Waals surface area contributed by atoms with Crippen LogP contribution in [-0.4, -0.2) is 24.0 Å². The Kier molecular flexibility index (Phi) is 3.40. The van der Waals surface area contributed by atoms with E-state index in [0.29, 0.717) is 5.69 Å². The topological polar surface area (TPSA) is 71.2 Å². The minimum atomic E-state index is -0.326. The van der Waals surface area contributed by atoms with Gasteiger partial charge in [0.2, 0.25) is 0 Å². The smallest absolute Gasteiger partial charge is 0.284 e. The number of carbonyl (C=O) groups excluding carboxylic acids is 1. The normalized spacial score (nSPS) is 17.5. The minimum absolute atomic E-state index is 0.326. The quantitative estimate of drug-likeness (QED) is 0.459. The van der Waals surface area contributed by atoms with Crippen molar-refractivity contribution in [1.82, 2.24) is 10.4 Å². The van der Waals surface area contributed by atoms with Crippen LogP contribution < -0.4 is 16.2 Å². The summed E-state index contributed by atoms with van der Waals surface area (Å²) in [6, 6.07) is 0. The van der Waals surface area contributed by atoms with Gasteiger partial charge in [-0.25, -0.2) is 10.8 Å². The summed E-state index contributed by atoms with van der Waals surface area (Å²) >= 11 is 1.50. The van der Waals surface area contributed by atoms with Crippen LogP contribution in [0.3, 0.4) is 0 Å². The van der Waals surface area contributed by atoms with Gasteiger partial charge in [0, 0.05) is 18.5 Å². The van der Waals surface area contributed by atoms with Gasteiger partial charge < -0.3 is 4.90 Å². The molecule has 0 bridgehead atoms. The number of nitrogens with two attached hydrogens (primary N) is 1. The lowest BCUT2D eigenvalue weighted by Gasteiger charge is -2.29. The molecule has 1 aromatic heterocycles. The van der Waals surface area contributed by atoms with E-state index in [0.717, 1.165) is 24.1 Å². The first kappa shape index (κ1) is 11.3. The lowest BCUT2D eigenvalue weighted by Crippen LogP contribution is -2.33. The van der Waals surface area contributed by atoms with Gasteiger partial charge in [0.1, 0.15) is 5.69 Å². The predicted octanol–water partition coefficient (Wildman–Crippen LogP) is 0.983. The second-order valence-corrected chi connectivity index (χ2v) is 4.99. The summed E-state index contributed by atoms with van der Waals surface area (Å²) in [4.78, 5) is 17.8. The Balaban J connectivity index is 2.04. The van der Waals surface area contributed by atoms with Crippen molar-refractivity contribution < 1.29 is 4.79 Å². The number of nitrogen functional groups attached to an aromatic ring is 1. The summed E-state index contributed by atoms with van der Waals surface area (Å²) in [6.07, 6.45) is 2.38. The average molecular weight is 240 g/mol. The highest BCUT2D eigenvalue weighted by Crippen LogP contribution is 2.25. The van der Waals surface area contributed by atoms with E-state index in [9.17, 15) is 4.79 Å². The molecule has 1 amide bonds. The molecule has 88 valence electrons. The van der Waals surface area contributed by atoms with Gasteiger partial charge in [-0.2, -0.15) is 0 Å². The molecule has 3 N–H and O–H groups in total. The van der Waals surface area contributed by atoms with Crippen LogP contribution in [0, 0.1) is 5.92 Å². The van der Waals surface area contributed by atoms with Gasteiger partial charge in [0.05, 0.1) is 0 Å². The van der Waals surface area contributed by atoms with Crippen molar-refractivity contribution in [2.24, 2.45) is 11.8 Å². The molecule has 0 spiro atoms. The summed E-state index contributed by atoms with van der Waals surface area (Å²) < 4.78 is 0. The molecule has 0 aliphatic carbocycles. The lowest BCUT2D eigenvalue weighted by molar-refractivity contribution is 0.0949. The fourth-order valence-corrected chi connectivity index (χ4v) is 2.65. The molecular weight excluding hydrogens is 224 g/mol. The molecule has 1 aliphatic heterocycles. The second-order valence-electron chi connectivity index (χ2n) is 4.16. The molecule has 5 nitrogen and oxygen atoms in total. The number of piperidine rings is 1. The molecule has 0 radical (unpaired) electrons. The minimum Gasteiger partial charge on any atom is -0.348 e. The number of amides is 1. The Hall–Kier alpha value is -1.14. The van der Waals surface area contributed by atoms with E-state index in [-0.39, 0.29) is 5.91 Å². The number of carbonyl (C=O) groups is 1. The summed E-state index contributed by atoms with van der Waals surface area (Å²) in [7, 11) is 0. The Labute approximate surface area is 98.6 Å². The molecule has 16 heavy (non-hydrogen) atoms. The highest BCUT2D eigenvalue weighted by atomic mass is 32.1. The van der Waals surface area contributed by atoms with Crippen LogP contribution in [-0.2, 0) is 0 Å². The standard InChI is InChI=1S/C10H16N4OS/c1-7-2-4-14(5-3-7)10-12-8(6-16-10)9(15)13-11/h6-7H,2-5,11H2,1H3,(H,13,15). The molecule has 2 rings (SSSR count). The van der Waals surface area contributed by atoms with E-state index >= 15 is 0 Å². The molecule has 1 fully saturated rings. The third-order valence-corrected chi connectivity index (χ3v) is 3.81. The van der Waals surface area contributed by atoms with E-state index in [2.05, 4.69) is 22.2 Å². The summed E-state index contributed by atoms with van der Waals surface area (Å²) in [5, 5.41) is 2.67. The zero-order chi connectivity index (χ0) is 11.5. The van der Waals surface area contributed by atoms with Gasteiger partial charge in [0.15, 0.2) is 5.13 Å².